The van der Waals surface area contributed by atoms with Gasteiger partial charge in [0, 0.05) is 0 Å². The van der Waals surface area contributed by atoms with Crippen molar-refractivity contribution in [1.82, 2.24) is 0 Å². The van der Waals surface area contributed by atoms with Crippen LogP contribution in [0.2, 0.25) is 0 Å². The zero-order valence-electron chi connectivity index (χ0n) is 13.7. The van der Waals surface area contributed by atoms with Gasteiger partial charge in [-0.3, -0.25) is 0 Å². The van der Waals surface area contributed by atoms with Gasteiger partial charge in [0.05, 0.1) is 26.2 Å². The van der Waals surface area contributed by atoms with Crippen molar-refractivity contribution in [2.24, 2.45) is 5.92 Å². The monoisotopic (exact) mass is 298 g/mol. The molecule has 0 bridgehead atoms. The van der Waals surface area contributed by atoms with E-state index in [1.807, 2.05) is 0 Å². The highest BCUT2D eigenvalue weighted by molar-refractivity contribution is 5.83. The van der Waals surface area contributed by atoms with Crippen LogP contribution in [-0.4, -0.2) is 26.2 Å². The van der Waals surface area contributed by atoms with E-state index in [1.165, 1.54) is 49.7 Å². The summed E-state index contributed by atoms with van der Waals surface area (Å²) in [4.78, 5) is 1.80. The number of hydrogen-bond acceptors (Lipinski definition) is 1. The van der Waals surface area contributed by atoms with E-state index >= 15 is 0 Å². The molecule has 0 radical (unpaired) electrons. The van der Waals surface area contributed by atoms with Gasteiger partial charge in [0.2, 0.25) is 0 Å². The molecular formula is C20H28NO+. The second-order valence-electron chi connectivity index (χ2n) is 6.75. The molecule has 1 fully saturated rings. The molecule has 1 saturated heterocycles. The van der Waals surface area contributed by atoms with Crippen LogP contribution >= 0.6 is 0 Å². The van der Waals surface area contributed by atoms with Gasteiger partial charge >= 0.3 is 0 Å². The summed E-state index contributed by atoms with van der Waals surface area (Å²) in [6.45, 7) is 7.27. The van der Waals surface area contributed by atoms with Crippen molar-refractivity contribution in [3.05, 3.63) is 42.5 Å². The molecule has 0 amide bonds. The van der Waals surface area contributed by atoms with E-state index in [0.717, 1.165) is 24.7 Å². The molecule has 0 saturated carbocycles. The minimum absolute atomic E-state index is 0.835. The Morgan fingerprint density at radius 3 is 2.59 bits per heavy atom. The Morgan fingerprint density at radius 1 is 1.00 bits per heavy atom. The normalized spacial score (nSPS) is 21.9. The van der Waals surface area contributed by atoms with Crippen molar-refractivity contribution in [2.45, 2.75) is 32.6 Å². The summed E-state index contributed by atoms with van der Waals surface area (Å²) in [5.41, 5.74) is 0. The molecule has 1 heterocycles. The number of hydrogen-bond donors (Lipinski definition) is 1. The van der Waals surface area contributed by atoms with Crippen molar-refractivity contribution < 1.29 is 9.64 Å². The Kier molecular flexibility index (Phi) is 5.33. The summed E-state index contributed by atoms with van der Waals surface area (Å²) < 4.78 is 5.91. The van der Waals surface area contributed by atoms with Crippen molar-refractivity contribution in [3.63, 3.8) is 0 Å². The average molecular weight is 298 g/mol. The Bertz CT molecular complexity index is 587. The number of benzene rings is 2. The lowest BCUT2D eigenvalue weighted by molar-refractivity contribution is -0.906. The fourth-order valence-corrected chi connectivity index (χ4v) is 3.34. The molecule has 118 valence electrons. The molecule has 1 N–H and O–H groups in total. The molecule has 2 heteroatoms. The summed E-state index contributed by atoms with van der Waals surface area (Å²) in [5, 5.41) is 2.53. The number of nitrogens with one attached hydrogen (secondary N) is 1. The summed E-state index contributed by atoms with van der Waals surface area (Å²) in [6, 6.07) is 14.8. The maximum absolute atomic E-state index is 5.91. The van der Waals surface area contributed by atoms with E-state index in [0.29, 0.717) is 0 Å². The number of quaternary nitrogens is 1. The fourth-order valence-electron chi connectivity index (χ4n) is 3.34. The summed E-state index contributed by atoms with van der Waals surface area (Å²) >= 11 is 0. The Morgan fingerprint density at radius 2 is 1.77 bits per heavy atom. The Balaban J connectivity index is 1.37. The molecule has 0 spiro atoms. The molecule has 1 aliphatic rings. The molecule has 0 aliphatic carbocycles. The van der Waals surface area contributed by atoms with E-state index in [4.69, 9.17) is 4.74 Å². The first-order valence-electron chi connectivity index (χ1n) is 8.76. The second kappa shape index (κ2) is 7.64. The van der Waals surface area contributed by atoms with Crippen LogP contribution in [0.15, 0.2) is 42.5 Å². The molecule has 22 heavy (non-hydrogen) atoms. The lowest BCUT2D eigenvalue weighted by Gasteiger charge is -2.27. The van der Waals surface area contributed by atoms with Crippen LogP contribution in [0.25, 0.3) is 10.8 Å². The topological polar surface area (TPSA) is 13.7 Å². The highest BCUT2D eigenvalue weighted by Gasteiger charge is 2.17. The van der Waals surface area contributed by atoms with Gasteiger partial charge in [0.15, 0.2) is 0 Å². The standard InChI is InChI=1S/C20H27NO/c1-17-10-13-21(14-11-17)12-4-5-15-22-20-9-8-18-6-2-3-7-19(18)16-20/h2-3,6-9,16-17H,4-5,10-15H2,1H3/p+1. The second-order valence-corrected chi connectivity index (χ2v) is 6.75. The number of ether oxygens (including phenoxy) is 1. The van der Waals surface area contributed by atoms with E-state index in [9.17, 15) is 0 Å². The zero-order chi connectivity index (χ0) is 15.2. The molecular weight excluding hydrogens is 270 g/mol. The van der Waals surface area contributed by atoms with E-state index in [2.05, 4.69) is 49.4 Å². The van der Waals surface area contributed by atoms with Crippen LogP contribution in [0.1, 0.15) is 32.6 Å². The van der Waals surface area contributed by atoms with Gasteiger partial charge in [-0.1, -0.05) is 37.3 Å². The lowest BCUT2D eigenvalue weighted by atomic mass is 9.99. The SMILES string of the molecule is CC1CC[NH+](CCCCOc2ccc3ccccc3c2)CC1. The molecule has 1 aliphatic heterocycles. The smallest absolute Gasteiger partial charge is 0.119 e. The number of unbranched alkanes of at least 4 members (excludes halogenated alkanes) is 1. The number of rotatable bonds is 6. The first kappa shape index (κ1) is 15.4. The van der Waals surface area contributed by atoms with Gasteiger partial charge in [0.1, 0.15) is 5.75 Å². The first-order chi connectivity index (χ1) is 10.8. The molecule has 3 rings (SSSR count). The number of fused-ring (bicyclic) bond motifs is 1. The van der Waals surface area contributed by atoms with Crippen molar-refractivity contribution >= 4 is 10.8 Å². The molecule has 0 aromatic heterocycles. The van der Waals surface area contributed by atoms with Crippen molar-refractivity contribution in [2.75, 3.05) is 26.2 Å². The molecule has 2 aromatic rings. The highest BCUT2D eigenvalue weighted by atomic mass is 16.5. The maximum Gasteiger partial charge on any atom is 0.119 e. The van der Waals surface area contributed by atoms with Gasteiger partial charge in [-0.25, -0.2) is 0 Å². The van der Waals surface area contributed by atoms with Crippen LogP contribution in [0.3, 0.4) is 0 Å². The molecule has 2 aromatic carbocycles. The highest BCUT2D eigenvalue weighted by Crippen LogP contribution is 2.20. The third kappa shape index (κ3) is 4.23. The lowest BCUT2D eigenvalue weighted by Crippen LogP contribution is -3.13. The minimum atomic E-state index is 0.835. The van der Waals surface area contributed by atoms with Crippen molar-refractivity contribution in [3.8, 4) is 5.75 Å². The maximum atomic E-state index is 5.91. The van der Waals surface area contributed by atoms with Crippen LogP contribution in [0.5, 0.6) is 5.75 Å². The van der Waals surface area contributed by atoms with Gasteiger partial charge in [-0.05, 0) is 54.5 Å². The Hall–Kier alpha value is -1.54. The first-order valence-corrected chi connectivity index (χ1v) is 8.76. The predicted octanol–water partition coefficient (Wildman–Crippen LogP) is 3.31. The van der Waals surface area contributed by atoms with Crippen LogP contribution in [0, 0.1) is 5.92 Å². The molecule has 0 unspecified atom stereocenters. The van der Waals surface area contributed by atoms with Gasteiger partial charge in [-0.2, -0.15) is 0 Å². The number of likely N-dealkylation sites (tertiary alicyclic amines) is 1. The van der Waals surface area contributed by atoms with Gasteiger partial charge < -0.3 is 9.64 Å². The average Bonchev–Trinajstić information content (AvgIpc) is 2.56. The summed E-state index contributed by atoms with van der Waals surface area (Å²) in [5.74, 6) is 1.94. The summed E-state index contributed by atoms with van der Waals surface area (Å²) in [7, 11) is 0. The zero-order valence-corrected chi connectivity index (χ0v) is 13.7. The van der Waals surface area contributed by atoms with Crippen LogP contribution in [-0.2, 0) is 0 Å². The fraction of sp³-hybridized carbons (Fsp3) is 0.500. The Labute approximate surface area is 134 Å². The third-order valence-electron chi connectivity index (χ3n) is 4.90. The van der Waals surface area contributed by atoms with Crippen LogP contribution in [0.4, 0.5) is 0 Å². The van der Waals surface area contributed by atoms with E-state index in [-0.39, 0.29) is 0 Å². The van der Waals surface area contributed by atoms with Gasteiger partial charge in [-0.15, -0.1) is 0 Å². The predicted molar refractivity (Wildman–Crippen MR) is 92.6 cm³/mol. The third-order valence-corrected chi connectivity index (χ3v) is 4.90. The largest absolute Gasteiger partial charge is 0.494 e. The minimum Gasteiger partial charge on any atom is -0.494 e. The van der Waals surface area contributed by atoms with Crippen molar-refractivity contribution in [1.29, 1.82) is 0 Å². The van der Waals surface area contributed by atoms with Gasteiger partial charge in [0.25, 0.3) is 0 Å². The van der Waals surface area contributed by atoms with Crippen LogP contribution < -0.4 is 9.64 Å². The van der Waals surface area contributed by atoms with E-state index < -0.39 is 0 Å². The number of piperidine rings is 1. The van der Waals surface area contributed by atoms with E-state index in [1.54, 1.807) is 4.90 Å². The quantitative estimate of drug-likeness (QED) is 0.808. The molecule has 0 atom stereocenters. The molecule has 2 nitrogen and oxygen atoms in total. The summed E-state index contributed by atoms with van der Waals surface area (Å²) in [6.07, 6.45) is 5.25.